The Labute approximate surface area is 195 Å². The highest BCUT2D eigenvalue weighted by Gasteiger charge is 2.43. The third kappa shape index (κ3) is 3.52. The van der Waals surface area contributed by atoms with Crippen molar-refractivity contribution in [2.24, 2.45) is 0 Å². The molecule has 0 radical (unpaired) electrons. The van der Waals surface area contributed by atoms with Crippen molar-refractivity contribution in [2.45, 2.75) is 97.9 Å². The fourth-order valence-corrected chi connectivity index (χ4v) is 5.58. The van der Waals surface area contributed by atoms with Crippen LogP contribution in [0.15, 0.2) is 48.8 Å². The third-order valence-corrected chi connectivity index (χ3v) is 7.77. The first-order valence-electron chi connectivity index (χ1n) is 12.6. The van der Waals surface area contributed by atoms with Gasteiger partial charge in [-0.05, 0) is 47.8 Å². The predicted octanol–water partition coefficient (Wildman–Crippen LogP) is 7.87. The first-order chi connectivity index (χ1) is 15.2. The van der Waals surface area contributed by atoms with Crippen LogP contribution in [0.5, 0.6) is 0 Å². The smallest absolute Gasteiger partial charge is 0.224 e. The van der Waals surface area contributed by atoms with Gasteiger partial charge in [0.1, 0.15) is 23.6 Å². The van der Waals surface area contributed by atoms with Crippen LogP contribution in [0.2, 0.25) is 0 Å². The van der Waals surface area contributed by atoms with Crippen LogP contribution in [0.1, 0.15) is 108 Å². The number of imidazole rings is 1. The largest absolute Gasteiger partial charge is 0.294 e. The third-order valence-electron chi connectivity index (χ3n) is 7.77. The molecule has 170 valence electrons. The quantitative estimate of drug-likeness (QED) is 0.352. The summed E-state index contributed by atoms with van der Waals surface area (Å²) in [6.07, 6.45) is 8.07. The zero-order valence-corrected chi connectivity index (χ0v) is 21.4. The molecule has 4 rings (SSSR count). The molecular weight excluding hydrogens is 388 g/mol. The van der Waals surface area contributed by atoms with Crippen LogP contribution in [-0.4, -0.2) is 4.57 Å². The SMILES string of the molecule is CCC1(CC)Cc2ccccc2-c2n(-c3c(C(C)C)cc(C(C)C)cc3C(C)C)cc[n+]21. The van der Waals surface area contributed by atoms with Crippen molar-refractivity contribution >= 4 is 0 Å². The molecule has 1 aliphatic rings. The van der Waals surface area contributed by atoms with Crippen LogP contribution < -0.4 is 4.57 Å². The van der Waals surface area contributed by atoms with Gasteiger partial charge in [0.05, 0.1) is 5.56 Å². The van der Waals surface area contributed by atoms with E-state index in [-0.39, 0.29) is 5.54 Å². The highest BCUT2D eigenvalue weighted by atomic mass is 15.2. The molecule has 0 fully saturated rings. The van der Waals surface area contributed by atoms with E-state index in [0.29, 0.717) is 17.8 Å². The van der Waals surface area contributed by atoms with E-state index in [1.165, 1.54) is 39.3 Å². The van der Waals surface area contributed by atoms with Crippen molar-refractivity contribution in [3.63, 3.8) is 0 Å². The maximum Gasteiger partial charge on any atom is 0.294 e. The van der Waals surface area contributed by atoms with Crippen molar-refractivity contribution in [3.8, 4) is 17.1 Å². The molecule has 0 saturated carbocycles. The minimum Gasteiger partial charge on any atom is -0.224 e. The standard InChI is InChI=1S/C30H41N2/c1-9-30(10-2)19-23-13-11-12-14-25(23)29-31(15-16-32(29)30)28-26(21(5)6)17-24(20(3)4)18-27(28)22(7)8/h11-18,20-22H,9-10,19H2,1-8H3/q+1. The Morgan fingerprint density at radius 1 is 0.875 bits per heavy atom. The highest BCUT2D eigenvalue weighted by molar-refractivity contribution is 5.65. The number of rotatable bonds is 6. The van der Waals surface area contributed by atoms with E-state index in [4.69, 9.17) is 0 Å². The first kappa shape index (κ1) is 22.8. The molecule has 0 atom stereocenters. The maximum atomic E-state index is 2.60. The molecule has 2 aromatic carbocycles. The number of aromatic nitrogens is 2. The van der Waals surface area contributed by atoms with Gasteiger partial charge in [-0.25, -0.2) is 4.57 Å². The lowest BCUT2D eigenvalue weighted by Gasteiger charge is -2.34. The van der Waals surface area contributed by atoms with E-state index in [0.717, 1.165) is 19.3 Å². The van der Waals surface area contributed by atoms with Crippen LogP contribution in [-0.2, 0) is 12.0 Å². The fraction of sp³-hybridized carbons (Fsp3) is 0.500. The minimum atomic E-state index is 0.142. The summed E-state index contributed by atoms with van der Waals surface area (Å²) in [5.74, 6) is 2.80. The molecule has 2 nitrogen and oxygen atoms in total. The molecule has 0 spiro atoms. The topological polar surface area (TPSA) is 8.81 Å². The van der Waals surface area contributed by atoms with Crippen molar-refractivity contribution in [2.75, 3.05) is 0 Å². The summed E-state index contributed by atoms with van der Waals surface area (Å²) in [6.45, 7) is 18.7. The van der Waals surface area contributed by atoms with Gasteiger partial charge in [0.2, 0.25) is 0 Å². The summed E-state index contributed by atoms with van der Waals surface area (Å²) in [5.41, 5.74) is 8.77. The summed E-state index contributed by atoms with van der Waals surface area (Å²) < 4.78 is 5.12. The Kier molecular flexibility index (Phi) is 6.09. The molecule has 2 heterocycles. The van der Waals surface area contributed by atoms with Gasteiger partial charge in [0.25, 0.3) is 5.82 Å². The van der Waals surface area contributed by atoms with Crippen molar-refractivity contribution < 1.29 is 4.57 Å². The van der Waals surface area contributed by atoms with Crippen molar-refractivity contribution in [1.82, 2.24) is 4.57 Å². The molecule has 0 bridgehead atoms. The fourth-order valence-electron chi connectivity index (χ4n) is 5.58. The molecule has 0 N–H and O–H groups in total. The second-order valence-electron chi connectivity index (χ2n) is 10.6. The zero-order chi connectivity index (χ0) is 23.2. The molecule has 0 amide bonds. The monoisotopic (exact) mass is 429 g/mol. The molecular formula is C30H41N2+. The summed E-state index contributed by atoms with van der Waals surface area (Å²) >= 11 is 0. The molecule has 3 aromatic rings. The van der Waals surface area contributed by atoms with Gasteiger partial charge in [-0.1, -0.05) is 85.7 Å². The second kappa shape index (κ2) is 8.54. The summed E-state index contributed by atoms with van der Waals surface area (Å²) in [7, 11) is 0. The summed E-state index contributed by atoms with van der Waals surface area (Å²) in [5, 5.41) is 0. The maximum absolute atomic E-state index is 2.60. The lowest BCUT2D eigenvalue weighted by atomic mass is 9.80. The van der Waals surface area contributed by atoms with Crippen LogP contribution in [0, 0.1) is 0 Å². The van der Waals surface area contributed by atoms with E-state index in [1.807, 2.05) is 0 Å². The van der Waals surface area contributed by atoms with Crippen LogP contribution in [0.25, 0.3) is 17.1 Å². The van der Waals surface area contributed by atoms with E-state index in [9.17, 15) is 0 Å². The lowest BCUT2D eigenvalue weighted by Crippen LogP contribution is -2.59. The van der Waals surface area contributed by atoms with E-state index >= 15 is 0 Å². The van der Waals surface area contributed by atoms with Crippen molar-refractivity contribution in [3.05, 3.63) is 71.0 Å². The highest BCUT2D eigenvalue weighted by Crippen LogP contribution is 2.40. The average molecular weight is 430 g/mol. The van der Waals surface area contributed by atoms with Gasteiger partial charge in [-0.2, -0.15) is 4.57 Å². The average Bonchev–Trinajstić information content (AvgIpc) is 3.23. The van der Waals surface area contributed by atoms with Gasteiger partial charge in [-0.3, -0.25) is 0 Å². The van der Waals surface area contributed by atoms with E-state index < -0.39 is 0 Å². The first-order valence-corrected chi connectivity index (χ1v) is 12.6. The molecule has 0 saturated heterocycles. The second-order valence-corrected chi connectivity index (χ2v) is 10.6. The Bertz CT molecular complexity index is 1080. The van der Waals surface area contributed by atoms with Gasteiger partial charge in [0.15, 0.2) is 0 Å². The lowest BCUT2D eigenvalue weighted by molar-refractivity contribution is -0.757. The van der Waals surface area contributed by atoms with E-state index in [2.05, 4.69) is 113 Å². The Balaban J connectivity index is 2.09. The summed E-state index contributed by atoms with van der Waals surface area (Å²) in [4.78, 5) is 0. The van der Waals surface area contributed by atoms with Crippen molar-refractivity contribution in [1.29, 1.82) is 0 Å². The number of nitrogens with zero attached hydrogens (tertiary/aromatic N) is 2. The minimum absolute atomic E-state index is 0.142. The Morgan fingerprint density at radius 2 is 1.47 bits per heavy atom. The normalized spacial score (nSPS) is 14.8. The summed E-state index contributed by atoms with van der Waals surface area (Å²) in [6, 6.07) is 14.0. The zero-order valence-electron chi connectivity index (χ0n) is 21.4. The Morgan fingerprint density at radius 3 is 2.00 bits per heavy atom. The molecule has 32 heavy (non-hydrogen) atoms. The number of hydrogen-bond donors (Lipinski definition) is 0. The van der Waals surface area contributed by atoms with Gasteiger partial charge in [-0.15, -0.1) is 0 Å². The predicted molar refractivity (Wildman–Crippen MR) is 136 cm³/mol. The number of hydrogen-bond acceptors (Lipinski definition) is 0. The number of benzene rings is 2. The molecule has 0 aliphatic carbocycles. The van der Waals surface area contributed by atoms with Gasteiger partial charge < -0.3 is 0 Å². The molecule has 2 heteroatoms. The van der Waals surface area contributed by atoms with Crippen LogP contribution in [0.4, 0.5) is 0 Å². The Hall–Kier alpha value is -2.35. The molecule has 0 unspecified atom stereocenters. The molecule has 1 aliphatic heterocycles. The van der Waals surface area contributed by atoms with Crippen LogP contribution >= 0.6 is 0 Å². The van der Waals surface area contributed by atoms with Gasteiger partial charge in [0, 0.05) is 17.5 Å². The van der Waals surface area contributed by atoms with E-state index in [1.54, 1.807) is 0 Å². The molecule has 1 aromatic heterocycles. The van der Waals surface area contributed by atoms with Gasteiger partial charge >= 0.3 is 0 Å². The van der Waals surface area contributed by atoms with Crippen LogP contribution in [0.3, 0.4) is 0 Å². The number of fused-ring (bicyclic) bond motifs is 3.